The summed E-state index contributed by atoms with van der Waals surface area (Å²) in [5.74, 6) is 0.763. The highest BCUT2D eigenvalue weighted by Gasteiger charge is 2.18. The summed E-state index contributed by atoms with van der Waals surface area (Å²) in [7, 11) is 0. The molecule has 0 atom stereocenters. The third-order valence-corrected chi connectivity index (χ3v) is 3.09. The molecule has 0 amide bonds. The third-order valence-electron chi connectivity index (χ3n) is 3.09. The molecule has 1 aliphatic heterocycles. The molecule has 0 aliphatic carbocycles. The SMILES string of the molecule is Oc1ccc2nc(C3CCOCC3)cn2c1. The van der Waals surface area contributed by atoms with Crippen molar-refractivity contribution in [2.45, 2.75) is 18.8 Å². The van der Waals surface area contributed by atoms with Gasteiger partial charge in [0, 0.05) is 25.3 Å². The van der Waals surface area contributed by atoms with Crippen LogP contribution in [0.25, 0.3) is 5.65 Å². The summed E-state index contributed by atoms with van der Waals surface area (Å²) in [6.07, 6.45) is 5.77. The molecule has 84 valence electrons. The van der Waals surface area contributed by atoms with Crippen LogP contribution in [0, 0.1) is 0 Å². The standard InChI is InChI=1S/C12H14N2O2/c15-10-1-2-12-13-11(8-14(12)7-10)9-3-5-16-6-4-9/h1-2,7-9,15H,3-6H2. The largest absolute Gasteiger partial charge is 0.506 e. The Hall–Kier alpha value is -1.55. The van der Waals surface area contributed by atoms with Crippen LogP contribution >= 0.6 is 0 Å². The van der Waals surface area contributed by atoms with Gasteiger partial charge >= 0.3 is 0 Å². The molecule has 0 spiro atoms. The van der Waals surface area contributed by atoms with Gasteiger partial charge in [-0.15, -0.1) is 0 Å². The molecule has 1 aliphatic rings. The summed E-state index contributed by atoms with van der Waals surface area (Å²) < 4.78 is 7.21. The molecule has 1 saturated heterocycles. The van der Waals surface area contributed by atoms with Gasteiger partial charge in [0.2, 0.25) is 0 Å². The maximum absolute atomic E-state index is 9.38. The van der Waals surface area contributed by atoms with Crippen molar-refractivity contribution < 1.29 is 9.84 Å². The van der Waals surface area contributed by atoms with E-state index in [1.54, 1.807) is 12.3 Å². The van der Waals surface area contributed by atoms with Crippen LogP contribution in [0.3, 0.4) is 0 Å². The van der Waals surface area contributed by atoms with Crippen molar-refractivity contribution in [2.75, 3.05) is 13.2 Å². The summed E-state index contributed by atoms with van der Waals surface area (Å²) in [5, 5.41) is 9.38. The van der Waals surface area contributed by atoms with Crippen molar-refractivity contribution in [3.05, 3.63) is 30.2 Å². The second-order valence-corrected chi connectivity index (χ2v) is 4.21. The average Bonchev–Trinajstić information content (AvgIpc) is 2.73. The van der Waals surface area contributed by atoms with Crippen LogP contribution in [0.15, 0.2) is 24.5 Å². The van der Waals surface area contributed by atoms with Crippen molar-refractivity contribution in [3.8, 4) is 5.75 Å². The normalized spacial score (nSPS) is 18.0. The fourth-order valence-electron chi connectivity index (χ4n) is 2.19. The molecule has 0 saturated carbocycles. The minimum absolute atomic E-state index is 0.267. The topological polar surface area (TPSA) is 46.8 Å². The summed E-state index contributed by atoms with van der Waals surface area (Å²) >= 11 is 0. The molecule has 0 aromatic carbocycles. The van der Waals surface area contributed by atoms with Crippen LogP contribution in [-0.2, 0) is 4.74 Å². The van der Waals surface area contributed by atoms with Crippen molar-refractivity contribution in [1.82, 2.24) is 9.38 Å². The van der Waals surface area contributed by atoms with E-state index >= 15 is 0 Å². The van der Waals surface area contributed by atoms with Gasteiger partial charge in [-0.3, -0.25) is 0 Å². The molecule has 2 aromatic heterocycles. The number of fused-ring (bicyclic) bond motifs is 1. The molecule has 0 radical (unpaired) electrons. The zero-order chi connectivity index (χ0) is 11.0. The molecule has 16 heavy (non-hydrogen) atoms. The van der Waals surface area contributed by atoms with Gasteiger partial charge in [-0.05, 0) is 25.0 Å². The number of aromatic nitrogens is 2. The first-order valence-corrected chi connectivity index (χ1v) is 5.58. The zero-order valence-electron chi connectivity index (χ0n) is 8.97. The lowest BCUT2D eigenvalue weighted by atomic mass is 9.97. The Morgan fingerprint density at radius 2 is 2.06 bits per heavy atom. The highest BCUT2D eigenvalue weighted by Crippen LogP contribution is 2.26. The van der Waals surface area contributed by atoms with E-state index < -0.39 is 0 Å². The van der Waals surface area contributed by atoms with E-state index in [9.17, 15) is 5.11 Å². The van der Waals surface area contributed by atoms with E-state index in [0.717, 1.165) is 37.4 Å². The molecule has 3 heterocycles. The Labute approximate surface area is 93.5 Å². The quantitative estimate of drug-likeness (QED) is 0.795. The molecular formula is C12H14N2O2. The van der Waals surface area contributed by atoms with Crippen LogP contribution in [-0.4, -0.2) is 27.7 Å². The van der Waals surface area contributed by atoms with E-state index in [0.29, 0.717) is 5.92 Å². The molecule has 0 unspecified atom stereocenters. The Balaban J connectivity index is 1.97. The predicted molar refractivity (Wildman–Crippen MR) is 59.7 cm³/mol. The number of ether oxygens (including phenoxy) is 1. The number of aromatic hydroxyl groups is 1. The van der Waals surface area contributed by atoms with Crippen molar-refractivity contribution in [3.63, 3.8) is 0 Å². The number of pyridine rings is 1. The molecule has 4 nitrogen and oxygen atoms in total. The van der Waals surface area contributed by atoms with E-state index in [1.807, 2.05) is 16.7 Å². The van der Waals surface area contributed by atoms with E-state index in [2.05, 4.69) is 4.98 Å². The van der Waals surface area contributed by atoms with Gasteiger partial charge < -0.3 is 14.2 Å². The third kappa shape index (κ3) is 1.65. The lowest BCUT2D eigenvalue weighted by Gasteiger charge is -2.19. The second kappa shape index (κ2) is 3.79. The van der Waals surface area contributed by atoms with Crippen LogP contribution in [0.5, 0.6) is 5.75 Å². The average molecular weight is 218 g/mol. The number of imidazole rings is 1. The first kappa shape index (κ1) is 9.66. The molecule has 0 bridgehead atoms. The van der Waals surface area contributed by atoms with Gasteiger partial charge in [0.25, 0.3) is 0 Å². The van der Waals surface area contributed by atoms with Crippen LogP contribution in [0.1, 0.15) is 24.5 Å². The van der Waals surface area contributed by atoms with Gasteiger partial charge in [0.1, 0.15) is 11.4 Å². The Morgan fingerprint density at radius 3 is 2.88 bits per heavy atom. The fraction of sp³-hybridized carbons (Fsp3) is 0.417. The Bertz CT molecular complexity index is 501. The van der Waals surface area contributed by atoms with Gasteiger partial charge in [0.05, 0.1) is 11.9 Å². The van der Waals surface area contributed by atoms with Crippen LogP contribution in [0.2, 0.25) is 0 Å². The smallest absolute Gasteiger partial charge is 0.137 e. The maximum atomic E-state index is 9.38. The first-order chi connectivity index (χ1) is 7.83. The van der Waals surface area contributed by atoms with Crippen molar-refractivity contribution >= 4 is 5.65 Å². The summed E-state index contributed by atoms with van der Waals surface area (Å²) in [6.45, 7) is 1.65. The number of nitrogens with zero attached hydrogens (tertiary/aromatic N) is 2. The first-order valence-electron chi connectivity index (χ1n) is 5.58. The summed E-state index contributed by atoms with van der Waals surface area (Å²) in [6, 6.07) is 3.49. The Kier molecular flexibility index (Phi) is 2.29. The van der Waals surface area contributed by atoms with Gasteiger partial charge in [-0.25, -0.2) is 4.98 Å². The lowest BCUT2D eigenvalue weighted by Crippen LogP contribution is -2.14. The van der Waals surface area contributed by atoms with Gasteiger partial charge in [-0.2, -0.15) is 0 Å². The fourth-order valence-corrected chi connectivity index (χ4v) is 2.19. The van der Waals surface area contributed by atoms with Crippen LogP contribution < -0.4 is 0 Å². The zero-order valence-corrected chi connectivity index (χ0v) is 8.97. The Morgan fingerprint density at radius 1 is 1.25 bits per heavy atom. The molecule has 2 aromatic rings. The van der Waals surface area contributed by atoms with E-state index in [4.69, 9.17) is 4.74 Å². The summed E-state index contributed by atoms with van der Waals surface area (Å²) in [4.78, 5) is 4.57. The minimum Gasteiger partial charge on any atom is -0.506 e. The van der Waals surface area contributed by atoms with Crippen molar-refractivity contribution in [2.24, 2.45) is 0 Å². The highest BCUT2D eigenvalue weighted by atomic mass is 16.5. The highest BCUT2D eigenvalue weighted by molar-refractivity contribution is 5.43. The maximum Gasteiger partial charge on any atom is 0.137 e. The molecule has 3 rings (SSSR count). The predicted octanol–water partition coefficient (Wildman–Crippen LogP) is 1.93. The van der Waals surface area contributed by atoms with Crippen LogP contribution in [0.4, 0.5) is 0 Å². The number of hydrogen-bond acceptors (Lipinski definition) is 3. The minimum atomic E-state index is 0.267. The summed E-state index contributed by atoms with van der Waals surface area (Å²) in [5.41, 5.74) is 1.99. The van der Waals surface area contributed by atoms with Gasteiger partial charge in [-0.1, -0.05) is 0 Å². The lowest BCUT2D eigenvalue weighted by molar-refractivity contribution is 0.0846. The number of rotatable bonds is 1. The monoisotopic (exact) mass is 218 g/mol. The second-order valence-electron chi connectivity index (χ2n) is 4.21. The molecular weight excluding hydrogens is 204 g/mol. The molecule has 4 heteroatoms. The van der Waals surface area contributed by atoms with Gasteiger partial charge in [0.15, 0.2) is 0 Å². The number of hydrogen-bond donors (Lipinski definition) is 1. The van der Waals surface area contributed by atoms with Crippen molar-refractivity contribution in [1.29, 1.82) is 0 Å². The molecule has 1 N–H and O–H groups in total. The van der Waals surface area contributed by atoms with E-state index in [1.165, 1.54) is 0 Å². The van der Waals surface area contributed by atoms with E-state index in [-0.39, 0.29) is 5.75 Å². The molecule has 1 fully saturated rings.